The van der Waals surface area contributed by atoms with Crippen LogP contribution in [0.5, 0.6) is 0 Å². The molecule has 1 saturated heterocycles. The van der Waals surface area contributed by atoms with Crippen LogP contribution in [0, 0.1) is 28.6 Å². The molecule has 1 aromatic carbocycles. The molecule has 38 heavy (non-hydrogen) atoms. The van der Waals surface area contributed by atoms with Crippen LogP contribution in [-0.4, -0.2) is 66.3 Å². The molecule has 0 spiro atoms. The van der Waals surface area contributed by atoms with E-state index in [9.17, 15) is 10.2 Å². The summed E-state index contributed by atoms with van der Waals surface area (Å²) >= 11 is 0. The highest BCUT2D eigenvalue weighted by Gasteiger charge is 2.72. The molecular weight excluding hydrogens is 474 g/mol. The number of benzene rings is 1. The summed E-state index contributed by atoms with van der Waals surface area (Å²) < 4.78 is 12.2. The summed E-state index contributed by atoms with van der Waals surface area (Å²) in [7, 11) is 0. The van der Waals surface area contributed by atoms with Crippen LogP contribution >= 0.6 is 0 Å². The Kier molecular flexibility index (Phi) is 7.48. The van der Waals surface area contributed by atoms with E-state index in [1.807, 2.05) is 18.2 Å². The Labute approximate surface area is 230 Å². The summed E-state index contributed by atoms with van der Waals surface area (Å²) in [6, 6.07) is 10.2. The molecule has 0 unspecified atom stereocenters. The maximum atomic E-state index is 12.5. The fourth-order valence-corrected chi connectivity index (χ4v) is 10.1. The van der Waals surface area contributed by atoms with E-state index in [2.05, 4.69) is 30.9 Å². The number of ether oxygens (including phenoxy) is 2. The number of fused-ring (bicyclic) bond motifs is 5. The highest BCUT2D eigenvalue weighted by atomic mass is 16.5. The fraction of sp³-hybridized carbons (Fsp3) is 0.818. The van der Waals surface area contributed by atoms with Crippen molar-refractivity contribution in [3.8, 4) is 0 Å². The SMILES string of the molecule is C[C@]12CC[C@H](OCCOCCN3CCCC3)C[C@H]1CC[C@@H]1[C@@H]2CC[C@]2(C)[C@@](O)(c3ccccc3)CC[C@]12O. The quantitative estimate of drug-likeness (QED) is 0.437. The fourth-order valence-electron chi connectivity index (χ4n) is 10.1. The van der Waals surface area contributed by atoms with Crippen molar-refractivity contribution < 1.29 is 19.7 Å². The zero-order valence-electron chi connectivity index (χ0n) is 23.9. The Bertz CT molecular complexity index is 952. The van der Waals surface area contributed by atoms with E-state index < -0.39 is 16.6 Å². The van der Waals surface area contributed by atoms with Gasteiger partial charge in [0.25, 0.3) is 0 Å². The monoisotopic (exact) mass is 525 g/mol. The minimum Gasteiger partial charge on any atom is -0.389 e. The first-order chi connectivity index (χ1) is 18.3. The molecule has 5 fully saturated rings. The number of likely N-dealkylation sites (tertiary alicyclic amines) is 1. The van der Waals surface area contributed by atoms with Crippen molar-refractivity contribution in [1.82, 2.24) is 4.90 Å². The van der Waals surface area contributed by atoms with Crippen LogP contribution in [-0.2, 0) is 15.1 Å². The lowest BCUT2D eigenvalue weighted by molar-refractivity contribution is -0.239. The van der Waals surface area contributed by atoms with Crippen molar-refractivity contribution in [2.45, 2.75) is 102 Å². The summed E-state index contributed by atoms with van der Waals surface area (Å²) in [5.74, 6) is 1.48. The summed E-state index contributed by atoms with van der Waals surface area (Å²) in [4.78, 5) is 2.50. The molecule has 6 rings (SSSR count). The number of rotatable bonds is 8. The molecule has 0 aromatic heterocycles. The van der Waals surface area contributed by atoms with Crippen molar-refractivity contribution in [1.29, 1.82) is 0 Å². The van der Waals surface area contributed by atoms with Gasteiger partial charge in [-0.05, 0) is 112 Å². The van der Waals surface area contributed by atoms with Gasteiger partial charge in [0, 0.05) is 12.0 Å². The van der Waals surface area contributed by atoms with E-state index in [0.717, 1.165) is 50.8 Å². The largest absolute Gasteiger partial charge is 0.389 e. The molecule has 8 atom stereocenters. The summed E-state index contributed by atoms with van der Waals surface area (Å²) in [5.41, 5.74) is -1.00. The number of aliphatic hydroxyl groups is 2. The van der Waals surface area contributed by atoms with Gasteiger partial charge in [0.05, 0.1) is 37.1 Å². The van der Waals surface area contributed by atoms with E-state index in [4.69, 9.17) is 9.47 Å². The lowest BCUT2D eigenvalue weighted by Crippen LogP contribution is -2.64. The third kappa shape index (κ3) is 4.31. The van der Waals surface area contributed by atoms with E-state index in [1.54, 1.807) is 0 Å². The molecule has 212 valence electrons. The molecule has 4 saturated carbocycles. The van der Waals surface area contributed by atoms with Crippen LogP contribution in [0.25, 0.3) is 0 Å². The molecule has 0 radical (unpaired) electrons. The van der Waals surface area contributed by atoms with Crippen molar-refractivity contribution in [2.75, 3.05) is 39.5 Å². The second kappa shape index (κ2) is 10.4. The predicted molar refractivity (Wildman–Crippen MR) is 150 cm³/mol. The minimum absolute atomic E-state index is 0.263. The van der Waals surface area contributed by atoms with Crippen molar-refractivity contribution >= 4 is 0 Å². The van der Waals surface area contributed by atoms with E-state index >= 15 is 0 Å². The highest BCUT2D eigenvalue weighted by Crippen LogP contribution is 2.71. The first-order valence-electron chi connectivity index (χ1n) is 15.7. The second-order valence-electron chi connectivity index (χ2n) is 13.9. The molecule has 5 heteroatoms. The van der Waals surface area contributed by atoms with E-state index in [-0.39, 0.29) is 11.3 Å². The Morgan fingerprint density at radius 3 is 2.42 bits per heavy atom. The second-order valence-corrected chi connectivity index (χ2v) is 13.9. The third-order valence-electron chi connectivity index (χ3n) is 12.5. The number of hydrogen-bond donors (Lipinski definition) is 2. The highest BCUT2D eigenvalue weighted by molar-refractivity contribution is 5.32. The smallest absolute Gasteiger partial charge is 0.0978 e. The Morgan fingerprint density at radius 1 is 0.842 bits per heavy atom. The van der Waals surface area contributed by atoms with Crippen LogP contribution < -0.4 is 0 Å². The van der Waals surface area contributed by atoms with Gasteiger partial charge < -0.3 is 24.6 Å². The average Bonchev–Trinajstić information content (AvgIpc) is 3.52. The van der Waals surface area contributed by atoms with Gasteiger partial charge in [-0.2, -0.15) is 0 Å². The zero-order chi connectivity index (χ0) is 26.4. The van der Waals surface area contributed by atoms with E-state index in [0.29, 0.717) is 44.0 Å². The average molecular weight is 526 g/mol. The molecule has 1 aromatic rings. The maximum absolute atomic E-state index is 12.5. The van der Waals surface area contributed by atoms with Crippen molar-refractivity contribution in [3.63, 3.8) is 0 Å². The first-order valence-corrected chi connectivity index (χ1v) is 15.7. The minimum atomic E-state index is -0.951. The van der Waals surface area contributed by atoms with Crippen LogP contribution in [0.4, 0.5) is 0 Å². The molecular formula is C33H51NO4. The topological polar surface area (TPSA) is 62.2 Å². The van der Waals surface area contributed by atoms with Gasteiger partial charge in [0.2, 0.25) is 0 Å². The van der Waals surface area contributed by atoms with Gasteiger partial charge in [-0.3, -0.25) is 0 Å². The van der Waals surface area contributed by atoms with Crippen molar-refractivity contribution in [2.24, 2.45) is 28.6 Å². The number of hydrogen-bond acceptors (Lipinski definition) is 5. The molecule has 5 nitrogen and oxygen atoms in total. The summed E-state index contributed by atoms with van der Waals surface area (Å²) in [6.45, 7) is 10.5. The Hall–Kier alpha value is -0.980. The van der Waals surface area contributed by atoms with Gasteiger partial charge in [-0.15, -0.1) is 0 Å². The molecule has 4 aliphatic carbocycles. The van der Waals surface area contributed by atoms with Gasteiger partial charge >= 0.3 is 0 Å². The molecule has 5 aliphatic rings. The molecule has 2 N–H and O–H groups in total. The molecule has 1 heterocycles. The van der Waals surface area contributed by atoms with Gasteiger partial charge in [-0.25, -0.2) is 0 Å². The maximum Gasteiger partial charge on any atom is 0.0978 e. The van der Waals surface area contributed by atoms with Crippen LogP contribution in [0.3, 0.4) is 0 Å². The standard InChI is InChI=1S/C33H51NO4/c1-30-14-12-27(38-23-22-37-21-20-34-18-6-7-19-34)24-26(30)10-11-29-28(30)13-15-31(2)32(35,16-17-33(29,31)36)25-8-4-3-5-9-25/h3-5,8-9,26-29,35-36H,6-7,10-24H2,1-2H3/t26-,27+,28+,29-,30+,31-,32+,33+/m1/s1. The lowest BCUT2D eigenvalue weighted by Gasteiger charge is -2.64. The van der Waals surface area contributed by atoms with Gasteiger partial charge in [0.15, 0.2) is 0 Å². The molecule has 0 bridgehead atoms. The van der Waals surface area contributed by atoms with E-state index in [1.165, 1.54) is 38.8 Å². The van der Waals surface area contributed by atoms with Gasteiger partial charge in [-0.1, -0.05) is 44.2 Å². The first kappa shape index (κ1) is 27.2. The van der Waals surface area contributed by atoms with Gasteiger partial charge in [0.1, 0.15) is 0 Å². The normalized spacial score (nSPS) is 44.9. The van der Waals surface area contributed by atoms with Crippen molar-refractivity contribution in [3.05, 3.63) is 35.9 Å². The Balaban J connectivity index is 1.06. The summed E-state index contributed by atoms with van der Waals surface area (Å²) in [6.07, 6.45) is 12.1. The van der Waals surface area contributed by atoms with Crippen LogP contribution in [0.2, 0.25) is 0 Å². The zero-order valence-corrected chi connectivity index (χ0v) is 23.9. The number of nitrogens with zero attached hydrogens (tertiary/aromatic N) is 1. The molecule has 1 aliphatic heterocycles. The lowest BCUT2D eigenvalue weighted by atomic mass is 9.43. The predicted octanol–water partition coefficient (Wildman–Crippen LogP) is 5.53. The molecule has 0 amide bonds. The third-order valence-corrected chi connectivity index (χ3v) is 12.5. The summed E-state index contributed by atoms with van der Waals surface area (Å²) in [5, 5.41) is 24.6. The van der Waals surface area contributed by atoms with Crippen LogP contribution in [0.1, 0.15) is 90.0 Å². The van der Waals surface area contributed by atoms with Crippen LogP contribution in [0.15, 0.2) is 30.3 Å². The Morgan fingerprint density at radius 2 is 1.63 bits per heavy atom.